The van der Waals surface area contributed by atoms with Crippen LogP contribution in [-0.2, 0) is 9.47 Å². The third-order valence-corrected chi connectivity index (χ3v) is 9.53. The second-order valence-electron chi connectivity index (χ2n) is 14.2. The van der Waals surface area contributed by atoms with Crippen LogP contribution in [0.3, 0.4) is 0 Å². The lowest BCUT2D eigenvalue weighted by Gasteiger charge is -2.33. The molecule has 5 heterocycles. The van der Waals surface area contributed by atoms with Crippen LogP contribution in [0.25, 0.3) is 27.1 Å². The summed E-state index contributed by atoms with van der Waals surface area (Å²) in [7, 11) is 0. The van der Waals surface area contributed by atoms with Crippen molar-refractivity contribution < 1.29 is 27.8 Å². The van der Waals surface area contributed by atoms with E-state index in [0.717, 1.165) is 11.1 Å². The lowest BCUT2D eigenvalue weighted by Crippen LogP contribution is -2.41. The highest BCUT2D eigenvalue weighted by molar-refractivity contribution is 7.19. The molecule has 0 N–H and O–H groups in total. The summed E-state index contributed by atoms with van der Waals surface area (Å²) < 4.78 is 45.2. The zero-order valence-electron chi connectivity index (χ0n) is 27.7. The molecule has 1 fully saturated rings. The molecule has 45 heavy (non-hydrogen) atoms. The average molecular weight is 644 g/mol. The Balaban J connectivity index is 1.72. The molecule has 12 heteroatoms. The van der Waals surface area contributed by atoms with E-state index in [9.17, 15) is 9.59 Å². The molecule has 4 aromatic rings. The summed E-state index contributed by atoms with van der Waals surface area (Å²) in [5.74, 6) is -0.401. The molecule has 1 saturated heterocycles. The first-order valence-electron chi connectivity index (χ1n) is 15.4. The van der Waals surface area contributed by atoms with E-state index in [4.69, 9.17) is 9.47 Å². The molecule has 0 saturated carbocycles. The Bertz CT molecular complexity index is 1770. The first-order chi connectivity index (χ1) is 20.9. The van der Waals surface area contributed by atoms with Gasteiger partial charge in [-0.1, -0.05) is 13.8 Å². The number of alkyl halides is 2. The molecular weight excluding hydrogens is 600 g/mol. The molecule has 0 aliphatic carbocycles. The topological polar surface area (TPSA) is 91.0 Å². The van der Waals surface area contributed by atoms with Gasteiger partial charge in [0.15, 0.2) is 5.65 Å². The van der Waals surface area contributed by atoms with Crippen LogP contribution in [-0.4, -0.2) is 60.5 Å². The lowest BCUT2D eigenvalue weighted by molar-refractivity contribution is 0.0204. The van der Waals surface area contributed by atoms with Gasteiger partial charge < -0.3 is 14.4 Å². The molecule has 0 unspecified atom stereocenters. The number of amides is 1. The van der Waals surface area contributed by atoms with Gasteiger partial charge in [-0.05, 0) is 96.8 Å². The second-order valence-corrected chi connectivity index (χ2v) is 15.2. The summed E-state index contributed by atoms with van der Waals surface area (Å²) >= 11 is 1.23. The number of rotatable bonds is 4. The van der Waals surface area contributed by atoms with E-state index in [0.29, 0.717) is 63.5 Å². The van der Waals surface area contributed by atoms with Crippen molar-refractivity contribution in [2.24, 2.45) is 0 Å². The highest BCUT2D eigenvalue weighted by Crippen LogP contribution is 2.51. The molecule has 0 spiro atoms. The number of piperidine rings is 1. The molecule has 9 nitrogen and oxygen atoms in total. The van der Waals surface area contributed by atoms with E-state index < -0.39 is 29.8 Å². The van der Waals surface area contributed by atoms with E-state index >= 15 is 8.78 Å². The van der Waals surface area contributed by atoms with Crippen LogP contribution in [0.2, 0.25) is 0 Å². The van der Waals surface area contributed by atoms with E-state index in [2.05, 4.69) is 10.1 Å². The van der Waals surface area contributed by atoms with Gasteiger partial charge in [0.2, 0.25) is 0 Å². The zero-order chi connectivity index (χ0) is 33.2. The molecule has 5 rings (SSSR count). The third-order valence-electron chi connectivity index (χ3n) is 8.18. The molecular formula is C33H43F2N5O4S. The number of pyridine rings is 1. The Hall–Kier alpha value is -3.54. The van der Waals surface area contributed by atoms with Gasteiger partial charge >= 0.3 is 12.2 Å². The molecule has 0 atom stereocenters. The molecule has 1 aliphatic heterocycles. The van der Waals surface area contributed by atoms with Crippen LogP contribution >= 0.6 is 11.3 Å². The Labute approximate surface area is 266 Å². The molecule has 0 bridgehead atoms. The number of ether oxygens (including phenoxy) is 2. The number of thiophene rings is 1. The SMILES string of the molecule is Cc1c(-c2c(C(C)C)c3c(C(F)F)c(C4CCN(C(=O)OC(C)(C)C)CC4)sc3n2C(=O)OC(C)(C)C)cn2ncnc2c1C. The Morgan fingerprint density at radius 1 is 0.956 bits per heavy atom. The van der Waals surface area contributed by atoms with Gasteiger partial charge in [0.1, 0.15) is 22.4 Å². The van der Waals surface area contributed by atoms with Crippen molar-refractivity contribution in [2.75, 3.05) is 13.1 Å². The van der Waals surface area contributed by atoms with Crippen LogP contribution in [0.1, 0.15) is 114 Å². The van der Waals surface area contributed by atoms with E-state index in [1.54, 1.807) is 30.2 Å². The largest absolute Gasteiger partial charge is 0.444 e. The Kier molecular flexibility index (Phi) is 8.52. The van der Waals surface area contributed by atoms with Crippen LogP contribution in [0.15, 0.2) is 12.5 Å². The number of nitrogens with zero attached hydrogens (tertiary/aromatic N) is 5. The van der Waals surface area contributed by atoms with Gasteiger partial charge in [-0.2, -0.15) is 5.10 Å². The van der Waals surface area contributed by atoms with Crippen molar-refractivity contribution in [3.05, 3.63) is 39.7 Å². The standard InChI is InChI=1S/C33H43F2N5O4S/c1-17(2)22-23-24(27(34)35)26(20-11-13-38(14-12-20)30(41)43-32(5,6)7)45-29(23)40(31(42)44-33(8,9)10)25(22)21-15-39-28(36-16-37-39)19(4)18(21)3/h15-17,20,27H,11-14H2,1-10H3. The van der Waals surface area contributed by atoms with Crippen molar-refractivity contribution in [2.45, 2.75) is 112 Å². The first kappa shape index (κ1) is 32.8. The van der Waals surface area contributed by atoms with Crippen molar-refractivity contribution in [1.29, 1.82) is 0 Å². The number of carbonyl (C=O) groups is 2. The fourth-order valence-corrected chi connectivity index (χ4v) is 7.62. The number of aromatic nitrogens is 4. The number of carbonyl (C=O) groups excluding carboxylic acids is 2. The molecule has 1 aliphatic rings. The third kappa shape index (κ3) is 6.17. The maximum atomic E-state index is 15.3. The van der Waals surface area contributed by atoms with Crippen LogP contribution in [0.5, 0.6) is 0 Å². The van der Waals surface area contributed by atoms with Crippen LogP contribution in [0, 0.1) is 13.8 Å². The maximum absolute atomic E-state index is 15.3. The van der Waals surface area contributed by atoms with Gasteiger partial charge in [0.25, 0.3) is 6.43 Å². The summed E-state index contributed by atoms with van der Waals surface area (Å²) in [6, 6.07) is 0. The second kappa shape index (κ2) is 11.7. The van der Waals surface area contributed by atoms with Crippen LogP contribution < -0.4 is 0 Å². The minimum atomic E-state index is -2.77. The van der Waals surface area contributed by atoms with Gasteiger partial charge in [-0.25, -0.2) is 32.4 Å². The predicted molar refractivity (Wildman–Crippen MR) is 172 cm³/mol. The molecule has 244 valence electrons. The van der Waals surface area contributed by atoms with Gasteiger partial charge in [-0.3, -0.25) is 0 Å². The van der Waals surface area contributed by atoms with E-state index in [1.165, 1.54) is 22.2 Å². The normalized spacial score (nSPS) is 15.2. The van der Waals surface area contributed by atoms with Gasteiger partial charge in [0.05, 0.1) is 5.69 Å². The number of likely N-dealkylation sites (tertiary alicyclic amines) is 1. The van der Waals surface area contributed by atoms with Crippen molar-refractivity contribution in [3.63, 3.8) is 0 Å². The van der Waals surface area contributed by atoms with Crippen LogP contribution in [0.4, 0.5) is 18.4 Å². The average Bonchev–Trinajstić information content (AvgIpc) is 3.61. The highest BCUT2D eigenvalue weighted by atomic mass is 32.1. The van der Waals surface area contributed by atoms with E-state index in [1.807, 2.05) is 54.7 Å². The number of hydrogen-bond donors (Lipinski definition) is 0. The first-order valence-corrected chi connectivity index (χ1v) is 16.2. The van der Waals surface area contributed by atoms with Gasteiger partial charge in [-0.15, -0.1) is 11.3 Å². The lowest BCUT2D eigenvalue weighted by atomic mass is 9.89. The molecule has 1 amide bonds. The number of halogens is 2. The summed E-state index contributed by atoms with van der Waals surface area (Å²) in [5, 5.41) is 4.75. The predicted octanol–water partition coefficient (Wildman–Crippen LogP) is 8.99. The molecule has 0 radical (unpaired) electrons. The Morgan fingerprint density at radius 2 is 1.56 bits per heavy atom. The fraction of sp³-hybridized carbons (Fsp3) is 0.576. The summed E-state index contributed by atoms with van der Waals surface area (Å²) in [6.07, 6.45) is 0.516. The number of hydrogen-bond acceptors (Lipinski definition) is 7. The van der Waals surface area contributed by atoms with Crippen molar-refractivity contribution in [3.8, 4) is 11.3 Å². The highest BCUT2D eigenvalue weighted by Gasteiger charge is 2.38. The minimum Gasteiger partial charge on any atom is -0.444 e. The van der Waals surface area contributed by atoms with E-state index in [-0.39, 0.29) is 17.4 Å². The molecule has 4 aromatic heterocycles. The quantitative estimate of drug-likeness (QED) is 0.220. The molecule has 0 aromatic carbocycles. The zero-order valence-corrected chi connectivity index (χ0v) is 28.6. The van der Waals surface area contributed by atoms with Crippen molar-refractivity contribution >= 4 is 39.4 Å². The summed E-state index contributed by atoms with van der Waals surface area (Å²) in [6.45, 7) is 19.4. The summed E-state index contributed by atoms with van der Waals surface area (Å²) in [5.41, 5.74) is 2.88. The Morgan fingerprint density at radius 3 is 2.11 bits per heavy atom. The van der Waals surface area contributed by atoms with Crippen molar-refractivity contribution in [1.82, 2.24) is 24.1 Å². The smallest absolute Gasteiger partial charge is 0.420 e. The maximum Gasteiger partial charge on any atom is 0.420 e. The number of fused-ring (bicyclic) bond motifs is 2. The monoisotopic (exact) mass is 643 g/mol. The minimum absolute atomic E-state index is 0.0332. The fourth-order valence-electron chi connectivity index (χ4n) is 6.13. The number of aryl methyl sites for hydroxylation is 1. The summed E-state index contributed by atoms with van der Waals surface area (Å²) in [4.78, 5) is 33.8. The van der Waals surface area contributed by atoms with Gasteiger partial charge in [0, 0.05) is 40.7 Å².